The quantitative estimate of drug-likeness (QED) is 0.189. The molecule has 226 valence electrons. The second kappa shape index (κ2) is 16.2. The zero-order valence-electron chi connectivity index (χ0n) is 26.9. The molecule has 4 aromatic rings. The Morgan fingerprint density at radius 1 is 0.659 bits per heavy atom. The first-order chi connectivity index (χ1) is 20.2. The molecule has 0 nitrogen and oxygen atoms in total. The second-order valence-electron chi connectivity index (χ2n) is 12.2. The van der Waals surface area contributed by atoms with Crippen molar-refractivity contribution in [3.63, 3.8) is 0 Å². The van der Waals surface area contributed by atoms with Crippen molar-refractivity contribution in [3.05, 3.63) is 129 Å². The maximum absolute atomic E-state index is 3.78. The van der Waals surface area contributed by atoms with Gasteiger partial charge in [-0.15, -0.1) is 35.7 Å². The molecule has 0 heterocycles. The van der Waals surface area contributed by atoms with E-state index in [1.807, 2.05) is 12.2 Å². The van der Waals surface area contributed by atoms with Gasteiger partial charge in [0.25, 0.3) is 0 Å². The van der Waals surface area contributed by atoms with Gasteiger partial charge in [0.1, 0.15) is 0 Å². The summed E-state index contributed by atoms with van der Waals surface area (Å²) in [6.07, 6.45) is 16.7. The Balaban J connectivity index is 0.000000343. The molecule has 0 aliphatic heterocycles. The van der Waals surface area contributed by atoms with Crippen LogP contribution in [0.5, 0.6) is 0 Å². The van der Waals surface area contributed by atoms with Crippen LogP contribution >= 0.6 is 0 Å². The Labute approximate surface area is 289 Å². The van der Waals surface area contributed by atoms with Gasteiger partial charge in [0.2, 0.25) is 0 Å². The average molecular weight is 654 g/mol. The zero-order valence-corrected chi connectivity index (χ0v) is 30.0. The van der Waals surface area contributed by atoms with Gasteiger partial charge in [-0.2, -0.15) is 6.08 Å². The molecule has 3 heteroatoms. The van der Waals surface area contributed by atoms with Crippen LogP contribution in [0.2, 0.25) is 0 Å². The van der Waals surface area contributed by atoms with E-state index in [0.717, 1.165) is 12.8 Å². The molecule has 0 aromatic heterocycles. The van der Waals surface area contributed by atoms with E-state index in [-0.39, 0.29) is 24.8 Å². The van der Waals surface area contributed by atoms with E-state index in [2.05, 4.69) is 134 Å². The Bertz CT molecular complexity index is 1540. The van der Waals surface area contributed by atoms with E-state index < -0.39 is 0 Å². The molecule has 0 saturated heterocycles. The summed E-state index contributed by atoms with van der Waals surface area (Å²) in [5.41, 5.74) is 18.7. The number of hydrogen-bond acceptors (Lipinski definition) is 0. The van der Waals surface area contributed by atoms with Crippen molar-refractivity contribution < 1.29 is 44.8 Å². The van der Waals surface area contributed by atoms with Crippen molar-refractivity contribution in [2.24, 2.45) is 0 Å². The molecule has 0 bridgehead atoms. The molecular formula is C41H42Cl2Ti-2. The summed E-state index contributed by atoms with van der Waals surface area (Å²) in [5.74, 6) is 0. The molecule has 7 rings (SSSR count). The van der Waals surface area contributed by atoms with Crippen LogP contribution in [0.3, 0.4) is 0 Å². The molecule has 44 heavy (non-hydrogen) atoms. The predicted molar refractivity (Wildman–Crippen MR) is 178 cm³/mol. The summed E-state index contributed by atoms with van der Waals surface area (Å²) in [5, 5.41) is 0. The third kappa shape index (κ3) is 8.41. The van der Waals surface area contributed by atoms with Crippen molar-refractivity contribution in [1.29, 1.82) is 0 Å². The van der Waals surface area contributed by atoms with E-state index in [0.29, 0.717) is 0 Å². The van der Waals surface area contributed by atoms with E-state index in [4.69, 9.17) is 0 Å². The Hall–Kier alpha value is -2.48. The van der Waals surface area contributed by atoms with Gasteiger partial charge >= 0.3 is 49.5 Å². The van der Waals surface area contributed by atoms with Crippen molar-refractivity contribution in [1.82, 2.24) is 0 Å². The molecule has 1 fully saturated rings. The number of aryl methyl sites for hydroxylation is 6. The molecule has 0 amide bonds. The Morgan fingerprint density at radius 3 is 1.70 bits per heavy atom. The molecule has 0 spiro atoms. The molecular weight excluding hydrogens is 611 g/mol. The summed E-state index contributed by atoms with van der Waals surface area (Å²) in [6, 6.07) is 24.5. The fourth-order valence-electron chi connectivity index (χ4n) is 6.81. The number of fused-ring (bicyclic) bond motifs is 3. The van der Waals surface area contributed by atoms with Crippen LogP contribution in [0, 0.1) is 53.7 Å². The van der Waals surface area contributed by atoms with Crippen molar-refractivity contribution in [3.8, 4) is 33.4 Å². The molecule has 0 N–H and O–H groups in total. The minimum absolute atomic E-state index is 0. The zero-order chi connectivity index (χ0) is 29.8. The molecule has 0 atom stereocenters. The molecule has 0 radical (unpaired) electrons. The fraction of sp³-hybridized carbons (Fsp3) is 0.293. The van der Waals surface area contributed by atoms with Crippen molar-refractivity contribution >= 4 is 3.81 Å². The summed E-state index contributed by atoms with van der Waals surface area (Å²) < 4.78 is 1.70. The number of hydrogen-bond donors (Lipinski definition) is 0. The number of benzene rings is 4. The molecule has 0 unspecified atom stereocenters. The van der Waals surface area contributed by atoms with Crippen molar-refractivity contribution in [2.75, 3.05) is 0 Å². The van der Waals surface area contributed by atoms with Gasteiger partial charge in [-0.3, -0.25) is 6.08 Å². The summed E-state index contributed by atoms with van der Waals surface area (Å²) in [7, 11) is 0. The van der Waals surface area contributed by atoms with Crippen LogP contribution in [0.15, 0.2) is 72.8 Å². The van der Waals surface area contributed by atoms with Gasteiger partial charge in [-0.05, 0) is 75.8 Å². The molecule has 3 aliphatic rings. The van der Waals surface area contributed by atoms with E-state index >= 15 is 0 Å². The Kier molecular flexibility index (Phi) is 13.2. The summed E-state index contributed by atoms with van der Waals surface area (Å²) in [6.45, 7) is 13.2. The van der Waals surface area contributed by atoms with Crippen LogP contribution in [0.1, 0.15) is 76.6 Å². The first-order valence-electron chi connectivity index (χ1n) is 15.3. The summed E-state index contributed by atoms with van der Waals surface area (Å²) in [4.78, 5) is 0. The number of halogens is 2. The third-order valence-electron chi connectivity index (χ3n) is 8.50. The van der Waals surface area contributed by atoms with Gasteiger partial charge in [0, 0.05) is 0 Å². The topological polar surface area (TPSA) is 0 Å². The van der Waals surface area contributed by atoms with Crippen LogP contribution in [0.4, 0.5) is 0 Å². The van der Waals surface area contributed by atoms with Gasteiger partial charge in [-0.25, -0.2) is 12.2 Å². The molecule has 1 saturated carbocycles. The average Bonchev–Trinajstić information content (AvgIpc) is 3.71. The van der Waals surface area contributed by atoms with Crippen LogP contribution in [-0.4, -0.2) is 3.81 Å². The first kappa shape index (κ1) is 36.0. The van der Waals surface area contributed by atoms with E-state index in [1.54, 1.807) is 3.81 Å². The monoisotopic (exact) mass is 652 g/mol. The summed E-state index contributed by atoms with van der Waals surface area (Å²) >= 11 is 2.26. The Morgan fingerprint density at radius 2 is 1.23 bits per heavy atom. The van der Waals surface area contributed by atoms with Gasteiger partial charge in [0.15, 0.2) is 0 Å². The maximum atomic E-state index is 3.78. The van der Waals surface area contributed by atoms with Crippen LogP contribution in [0.25, 0.3) is 33.4 Å². The van der Waals surface area contributed by atoms with Gasteiger partial charge in [-0.1, -0.05) is 81.4 Å². The van der Waals surface area contributed by atoms with Gasteiger partial charge < -0.3 is 24.8 Å². The van der Waals surface area contributed by atoms with Gasteiger partial charge in [0.05, 0.1) is 0 Å². The SMILES string of the molecule is Cc1cc(C)c(-c2[c-]c3c(cc2)-c2ccc(-c4c(C)cc(C)cc4C)cc2C3)c(C)c1.[C-]1=CC=CC1.[Cl-].[Cl-].[Ti+2]=[C]1CCCC1. The normalized spacial score (nSPS) is 13.6. The minimum atomic E-state index is 0. The van der Waals surface area contributed by atoms with Crippen LogP contribution in [-0.2, 0) is 26.4 Å². The van der Waals surface area contributed by atoms with Crippen LogP contribution < -0.4 is 24.8 Å². The van der Waals surface area contributed by atoms with Crippen molar-refractivity contribution in [2.45, 2.75) is 80.1 Å². The molecule has 3 aliphatic carbocycles. The third-order valence-corrected chi connectivity index (χ3v) is 9.28. The fourth-order valence-corrected chi connectivity index (χ4v) is 7.36. The number of rotatable bonds is 2. The predicted octanol–water partition coefficient (Wildman–Crippen LogP) is 4.84. The first-order valence-corrected chi connectivity index (χ1v) is 16.1. The standard InChI is InChI=1S/C31H29.C5H8.C5H5.2ClH.Ti/c1-18-11-20(3)30(21(4)12-18)24-7-9-28-26(15-24)17-27-16-25(8-10-29(27)28)31-22(5)13-19(2)14-23(31)6;2*1-2-4-5-3-1;;;/h7-15H,17H2,1-6H3;1-4H2;1-3H,4H2;2*1H;/q-1;;-1;;;+2/p-2. The molecule has 4 aromatic carbocycles. The second-order valence-corrected chi connectivity index (χ2v) is 13.3. The number of allylic oxidation sites excluding steroid dienone is 4. The van der Waals surface area contributed by atoms with E-state index in [9.17, 15) is 0 Å². The van der Waals surface area contributed by atoms with E-state index in [1.165, 1.54) is 104 Å².